The average molecular weight is 503 g/mol. The van der Waals surface area contributed by atoms with E-state index in [2.05, 4.69) is 10.2 Å². The Kier molecular flexibility index (Phi) is 7.16. The quantitative estimate of drug-likeness (QED) is 0.264. The van der Waals surface area contributed by atoms with Crippen LogP contribution in [0.4, 0.5) is 0 Å². The second-order valence-corrected chi connectivity index (χ2v) is 9.38. The molecule has 0 atom stereocenters. The third-order valence-corrected chi connectivity index (χ3v) is 7.37. The van der Waals surface area contributed by atoms with Crippen LogP contribution in [-0.2, 0) is 13.1 Å². The summed E-state index contributed by atoms with van der Waals surface area (Å²) in [6, 6.07) is 19.2. The molecule has 0 spiro atoms. The fraction of sp³-hybridized carbons (Fsp3) is 0.0909. The molecule has 4 aromatic rings. The Morgan fingerprint density at radius 3 is 1.44 bits per heavy atom. The van der Waals surface area contributed by atoms with Gasteiger partial charge in [0.15, 0.2) is 0 Å². The molecule has 0 N–H and O–H groups in total. The molecule has 162 valence electrons. The Morgan fingerprint density at radius 2 is 1.06 bits per heavy atom. The Bertz CT molecular complexity index is 1280. The van der Waals surface area contributed by atoms with Crippen LogP contribution in [0.1, 0.15) is 20.9 Å². The summed E-state index contributed by atoms with van der Waals surface area (Å²) in [6.07, 6.45) is 2.84. The van der Waals surface area contributed by atoms with E-state index in [4.69, 9.17) is 23.2 Å². The van der Waals surface area contributed by atoms with Crippen molar-refractivity contribution in [3.8, 4) is 0 Å². The maximum absolute atomic E-state index is 12.3. The minimum absolute atomic E-state index is 0.177. The number of benzene rings is 2. The number of rotatable bonds is 7. The van der Waals surface area contributed by atoms with Gasteiger partial charge in [0.05, 0.1) is 35.3 Å². The highest BCUT2D eigenvalue weighted by molar-refractivity contribution is 7.12. The van der Waals surface area contributed by atoms with Crippen molar-refractivity contribution in [1.29, 1.82) is 0 Å². The third kappa shape index (κ3) is 5.16. The summed E-state index contributed by atoms with van der Waals surface area (Å²) in [4.78, 5) is 25.3. The first-order valence-corrected chi connectivity index (χ1v) is 11.8. The van der Waals surface area contributed by atoms with E-state index in [-0.39, 0.29) is 9.75 Å². The molecule has 0 unspecified atom stereocenters. The molecule has 2 aromatic carbocycles. The Labute approximate surface area is 201 Å². The zero-order chi connectivity index (χ0) is 22.5. The van der Waals surface area contributed by atoms with E-state index in [9.17, 15) is 9.59 Å². The molecule has 0 amide bonds. The molecule has 0 saturated heterocycles. The maximum atomic E-state index is 12.3. The van der Waals surface area contributed by atoms with Crippen LogP contribution in [-0.4, -0.2) is 21.6 Å². The first-order valence-electron chi connectivity index (χ1n) is 9.45. The molecular weight excluding hydrogens is 487 g/mol. The summed E-state index contributed by atoms with van der Waals surface area (Å²) in [6.45, 7) is 0.759. The van der Waals surface area contributed by atoms with Gasteiger partial charge in [0.2, 0.25) is 0 Å². The Balaban J connectivity index is 1.48. The van der Waals surface area contributed by atoms with Gasteiger partial charge >= 0.3 is 9.75 Å². The van der Waals surface area contributed by atoms with Crippen LogP contribution in [0.3, 0.4) is 0 Å². The van der Waals surface area contributed by atoms with Crippen molar-refractivity contribution < 1.29 is 0 Å². The van der Waals surface area contributed by atoms with Crippen molar-refractivity contribution in [2.75, 3.05) is 0 Å². The molecule has 2 aromatic heterocycles. The van der Waals surface area contributed by atoms with Crippen LogP contribution in [0.15, 0.2) is 80.5 Å². The van der Waals surface area contributed by atoms with Crippen molar-refractivity contribution in [2.45, 2.75) is 13.1 Å². The molecule has 0 aliphatic carbocycles. The summed E-state index contributed by atoms with van der Waals surface area (Å²) >= 11 is 14.7. The molecule has 0 aliphatic rings. The first kappa shape index (κ1) is 22.4. The highest BCUT2D eigenvalue weighted by Crippen LogP contribution is 2.20. The van der Waals surface area contributed by atoms with Crippen LogP contribution in [0.25, 0.3) is 0 Å². The Hall–Kier alpha value is -2.78. The van der Waals surface area contributed by atoms with Crippen LogP contribution in [0.5, 0.6) is 0 Å². The van der Waals surface area contributed by atoms with Gasteiger partial charge in [-0.1, -0.05) is 107 Å². The lowest BCUT2D eigenvalue weighted by molar-refractivity contribution is 0.784. The predicted molar refractivity (Wildman–Crippen MR) is 133 cm³/mol. The molecule has 0 aliphatic heterocycles. The fourth-order valence-electron chi connectivity index (χ4n) is 2.94. The second-order valence-electron chi connectivity index (χ2n) is 6.68. The molecule has 4 rings (SSSR count). The predicted octanol–water partition coefficient (Wildman–Crippen LogP) is 4.99. The number of nitrogens with zero attached hydrogens (tertiary/aromatic N) is 4. The van der Waals surface area contributed by atoms with E-state index in [0.717, 1.165) is 33.8 Å². The van der Waals surface area contributed by atoms with Crippen LogP contribution in [0.2, 0.25) is 10.3 Å². The number of hydrogen-bond acceptors (Lipinski definition) is 6. The SMILES string of the molecule is O=c1sc(C=NN=Cc2sc(=O)n(Cc3ccccc3)c2Cl)c(Cl)n1Cc1ccccc1. The van der Waals surface area contributed by atoms with Crippen LogP contribution in [0, 0.1) is 0 Å². The summed E-state index contributed by atoms with van der Waals surface area (Å²) in [7, 11) is 0. The van der Waals surface area contributed by atoms with E-state index >= 15 is 0 Å². The Morgan fingerprint density at radius 1 is 0.688 bits per heavy atom. The summed E-state index contributed by atoms with van der Waals surface area (Å²) in [5, 5.41) is 8.57. The molecule has 0 radical (unpaired) electrons. The molecule has 6 nitrogen and oxygen atoms in total. The summed E-state index contributed by atoms with van der Waals surface area (Å²) in [5.74, 6) is 0. The van der Waals surface area contributed by atoms with Crippen molar-refractivity contribution in [3.63, 3.8) is 0 Å². The van der Waals surface area contributed by atoms with Gasteiger partial charge in [0.1, 0.15) is 10.3 Å². The molecule has 32 heavy (non-hydrogen) atoms. The maximum Gasteiger partial charge on any atom is 0.309 e. The van der Waals surface area contributed by atoms with E-state index in [0.29, 0.717) is 33.2 Å². The molecule has 0 saturated carbocycles. The lowest BCUT2D eigenvalue weighted by Crippen LogP contribution is -2.13. The first-order chi connectivity index (χ1) is 15.5. The molecule has 2 heterocycles. The van der Waals surface area contributed by atoms with Gasteiger partial charge in [-0.25, -0.2) is 0 Å². The average Bonchev–Trinajstić information content (AvgIpc) is 3.22. The van der Waals surface area contributed by atoms with Crippen LogP contribution < -0.4 is 9.75 Å². The lowest BCUT2D eigenvalue weighted by atomic mass is 10.2. The summed E-state index contributed by atoms with van der Waals surface area (Å²) < 4.78 is 2.97. The molecule has 0 bridgehead atoms. The minimum atomic E-state index is -0.177. The van der Waals surface area contributed by atoms with Gasteiger partial charge in [-0.3, -0.25) is 18.7 Å². The van der Waals surface area contributed by atoms with E-state index in [1.807, 2.05) is 60.7 Å². The largest absolute Gasteiger partial charge is 0.309 e. The zero-order valence-corrected chi connectivity index (χ0v) is 19.7. The van der Waals surface area contributed by atoms with Crippen LogP contribution >= 0.6 is 45.9 Å². The van der Waals surface area contributed by atoms with Gasteiger partial charge in [0.25, 0.3) is 0 Å². The lowest BCUT2D eigenvalue weighted by Gasteiger charge is -2.03. The van der Waals surface area contributed by atoms with Gasteiger partial charge < -0.3 is 0 Å². The number of halogens is 2. The van der Waals surface area contributed by atoms with Gasteiger partial charge in [0, 0.05) is 0 Å². The normalized spacial score (nSPS) is 11.7. The third-order valence-electron chi connectivity index (χ3n) is 4.50. The van der Waals surface area contributed by atoms with Crippen molar-refractivity contribution >= 4 is 58.3 Å². The van der Waals surface area contributed by atoms with Gasteiger partial charge in [-0.05, 0) is 11.1 Å². The van der Waals surface area contributed by atoms with Gasteiger partial charge in [-0.15, -0.1) is 0 Å². The molecular formula is C22H16Cl2N4O2S2. The zero-order valence-electron chi connectivity index (χ0n) is 16.5. The van der Waals surface area contributed by atoms with E-state index in [1.165, 1.54) is 21.6 Å². The van der Waals surface area contributed by atoms with Gasteiger partial charge in [-0.2, -0.15) is 10.2 Å². The topological polar surface area (TPSA) is 68.7 Å². The number of aromatic nitrogens is 2. The van der Waals surface area contributed by atoms with Crippen molar-refractivity contribution in [3.05, 3.63) is 111 Å². The monoisotopic (exact) mass is 502 g/mol. The van der Waals surface area contributed by atoms with Crippen molar-refractivity contribution in [1.82, 2.24) is 9.13 Å². The smallest absolute Gasteiger partial charge is 0.284 e. The fourth-order valence-corrected chi connectivity index (χ4v) is 5.14. The molecule has 0 fully saturated rings. The highest BCUT2D eigenvalue weighted by atomic mass is 35.5. The highest BCUT2D eigenvalue weighted by Gasteiger charge is 2.13. The van der Waals surface area contributed by atoms with E-state index in [1.54, 1.807) is 0 Å². The summed E-state index contributed by atoms with van der Waals surface area (Å²) in [5.41, 5.74) is 1.95. The van der Waals surface area contributed by atoms with E-state index < -0.39 is 0 Å². The molecule has 10 heteroatoms. The minimum Gasteiger partial charge on any atom is -0.284 e. The standard InChI is InChI=1S/C22H16Cl2N4O2S2/c23-19-17(31-21(29)27(19)13-15-7-3-1-4-8-15)11-25-26-12-18-20(24)28(22(30)32-18)14-16-9-5-2-6-10-16/h1-12H,13-14H2. The number of hydrogen-bond donors (Lipinski definition) is 0. The van der Waals surface area contributed by atoms with Crippen molar-refractivity contribution in [2.24, 2.45) is 10.2 Å². The second kappa shape index (κ2) is 10.2. The number of thiazole rings is 2.